The fraction of sp³-hybridized carbons (Fsp3) is 0.250. The molecule has 0 spiro atoms. The third-order valence-electron chi connectivity index (χ3n) is 4.36. The maximum atomic E-state index is 12.8. The Morgan fingerprint density at radius 3 is 2.40 bits per heavy atom. The van der Waals surface area contributed by atoms with E-state index in [1.165, 1.54) is 0 Å². The molecule has 0 saturated carbocycles. The first-order valence-electron chi connectivity index (χ1n) is 8.53. The highest BCUT2D eigenvalue weighted by Gasteiger charge is 2.17. The van der Waals surface area contributed by atoms with Gasteiger partial charge in [0, 0.05) is 11.9 Å². The van der Waals surface area contributed by atoms with E-state index in [0.717, 1.165) is 35.3 Å². The Kier molecular flexibility index (Phi) is 4.93. The van der Waals surface area contributed by atoms with Crippen LogP contribution in [-0.2, 0) is 12.8 Å². The molecule has 3 aromatic rings. The topological polar surface area (TPSA) is 59.8 Å². The maximum absolute atomic E-state index is 12.8. The van der Waals surface area contributed by atoms with Crippen LogP contribution in [0.4, 0.5) is 5.69 Å². The minimum atomic E-state index is -0.143. The van der Waals surface area contributed by atoms with E-state index in [-0.39, 0.29) is 5.91 Å². The molecule has 1 N–H and O–H groups in total. The van der Waals surface area contributed by atoms with Crippen LogP contribution in [0.1, 0.15) is 41.0 Å². The molecule has 25 heavy (non-hydrogen) atoms. The van der Waals surface area contributed by atoms with E-state index in [0.29, 0.717) is 11.4 Å². The van der Waals surface area contributed by atoms with Gasteiger partial charge in [0.25, 0.3) is 5.91 Å². The lowest BCUT2D eigenvalue weighted by Crippen LogP contribution is -2.16. The number of anilines is 1. The first-order valence-corrected chi connectivity index (χ1v) is 8.53. The number of benzene rings is 1. The highest BCUT2D eigenvalue weighted by molar-refractivity contribution is 6.05. The summed E-state index contributed by atoms with van der Waals surface area (Å²) in [4.78, 5) is 17.1. The lowest BCUT2D eigenvalue weighted by Gasteiger charge is -2.14. The van der Waals surface area contributed by atoms with Crippen LogP contribution in [0.25, 0.3) is 5.82 Å². The highest BCUT2D eigenvalue weighted by Crippen LogP contribution is 2.24. The van der Waals surface area contributed by atoms with Crippen molar-refractivity contribution >= 4 is 11.6 Å². The van der Waals surface area contributed by atoms with E-state index >= 15 is 0 Å². The smallest absolute Gasteiger partial charge is 0.259 e. The average molecular weight is 334 g/mol. The molecule has 1 amide bonds. The van der Waals surface area contributed by atoms with Crippen LogP contribution in [-0.4, -0.2) is 20.7 Å². The van der Waals surface area contributed by atoms with Crippen molar-refractivity contribution in [2.75, 3.05) is 5.32 Å². The van der Waals surface area contributed by atoms with Gasteiger partial charge >= 0.3 is 0 Å². The number of nitrogens with zero attached hydrogens (tertiary/aromatic N) is 3. The lowest BCUT2D eigenvalue weighted by atomic mass is 10.0. The predicted octanol–water partition coefficient (Wildman–Crippen LogP) is 3.95. The van der Waals surface area contributed by atoms with Crippen LogP contribution in [0.15, 0.2) is 48.8 Å². The second-order valence-electron chi connectivity index (χ2n) is 5.86. The number of aromatic nitrogens is 3. The summed E-state index contributed by atoms with van der Waals surface area (Å²) in [5.74, 6) is 0.553. The van der Waals surface area contributed by atoms with Gasteiger partial charge in [-0.05, 0) is 43.0 Å². The summed E-state index contributed by atoms with van der Waals surface area (Å²) >= 11 is 0. The summed E-state index contributed by atoms with van der Waals surface area (Å²) in [5, 5.41) is 7.42. The number of aryl methyl sites for hydroxylation is 2. The summed E-state index contributed by atoms with van der Waals surface area (Å²) < 4.78 is 1.68. The van der Waals surface area contributed by atoms with E-state index in [2.05, 4.69) is 41.4 Å². The zero-order valence-corrected chi connectivity index (χ0v) is 14.8. The van der Waals surface area contributed by atoms with Crippen LogP contribution in [0, 0.1) is 6.92 Å². The molecule has 0 unspecified atom stereocenters. The van der Waals surface area contributed by atoms with Gasteiger partial charge in [-0.3, -0.25) is 4.79 Å². The van der Waals surface area contributed by atoms with Crippen molar-refractivity contribution in [3.63, 3.8) is 0 Å². The van der Waals surface area contributed by atoms with Crippen molar-refractivity contribution in [2.45, 2.75) is 33.6 Å². The second kappa shape index (κ2) is 7.30. The molecule has 0 saturated heterocycles. The lowest BCUT2D eigenvalue weighted by molar-refractivity contribution is 0.102. The quantitative estimate of drug-likeness (QED) is 0.768. The SMILES string of the molecule is CCc1cccc(CC)c1NC(=O)c1cnn(-c2ccccn2)c1C. The molecule has 0 atom stereocenters. The van der Waals surface area contributed by atoms with Crippen LogP contribution in [0.5, 0.6) is 0 Å². The van der Waals surface area contributed by atoms with Crippen molar-refractivity contribution < 1.29 is 4.79 Å². The third kappa shape index (κ3) is 3.31. The number of hydrogen-bond donors (Lipinski definition) is 1. The van der Waals surface area contributed by atoms with Crippen LogP contribution >= 0.6 is 0 Å². The van der Waals surface area contributed by atoms with Gasteiger partial charge in [0.05, 0.1) is 17.5 Å². The van der Waals surface area contributed by atoms with Crippen molar-refractivity contribution in [1.82, 2.24) is 14.8 Å². The van der Waals surface area contributed by atoms with Crippen molar-refractivity contribution in [2.24, 2.45) is 0 Å². The zero-order valence-electron chi connectivity index (χ0n) is 14.8. The molecule has 2 heterocycles. The number of para-hydroxylation sites is 1. The number of hydrogen-bond acceptors (Lipinski definition) is 3. The molecule has 5 heteroatoms. The Balaban J connectivity index is 1.92. The Hall–Kier alpha value is -2.95. The monoisotopic (exact) mass is 334 g/mol. The molecule has 0 radical (unpaired) electrons. The molecule has 0 bridgehead atoms. The summed E-state index contributed by atoms with van der Waals surface area (Å²) in [6.45, 7) is 6.06. The van der Waals surface area contributed by atoms with Gasteiger partial charge in [-0.1, -0.05) is 38.1 Å². The summed E-state index contributed by atoms with van der Waals surface area (Å²) in [6.07, 6.45) is 5.05. The minimum Gasteiger partial charge on any atom is -0.321 e. The first-order chi connectivity index (χ1) is 12.2. The van der Waals surface area contributed by atoms with Crippen LogP contribution in [0.2, 0.25) is 0 Å². The molecule has 0 aliphatic rings. The van der Waals surface area contributed by atoms with Gasteiger partial charge < -0.3 is 5.32 Å². The fourth-order valence-corrected chi connectivity index (χ4v) is 2.93. The Bertz CT molecular complexity index is 862. The van der Waals surface area contributed by atoms with Gasteiger partial charge in [-0.25, -0.2) is 9.67 Å². The number of pyridine rings is 1. The molecular weight excluding hydrogens is 312 g/mol. The van der Waals surface area contributed by atoms with Crippen molar-refractivity contribution in [3.8, 4) is 5.82 Å². The largest absolute Gasteiger partial charge is 0.321 e. The average Bonchev–Trinajstić information content (AvgIpc) is 3.04. The Morgan fingerprint density at radius 1 is 1.08 bits per heavy atom. The first kappa shape index (κ1) is 16.9. The number of carbonyl (C=O) groups is 1. The van der Waals surface area contributed by atoms with E-state index < -0.39 is 0 Å². The normalized spacial score (nSPS) is 10.7. The zero-order chi connectivity index (χ0) is 17.8. The number of rotatable bonds is 5. The van der Waals surface area contributed by atoms with Gasteiger partial charge in [0.1, 0.15) is 0 Å². The van der Waals surface area contributed by atoms with E-state index in [9.17, 15) is 4.79 Å². The molecule has 128 valence electrons. The number of amides is 1. The van der Waals surface area contributed by atoms with Crippen molar-refractivity contribution in [3.05, 3.63) is 71.2 Å². The Morgan fingerprint density at radius 2 is 1.80 bits per heavy atom. The van der Waals surface area contributed by atoms with Gasteiger partial charge in [-0.2, -0.15) is 5.10 Å². The standard InChI is InChI=1S/C20H22N4O/c1-4-15-9-8-10-16(5-2)19(15)23-20(25)17-13-22-24(14(17)3)18-11-6-7-12-21-18/h6-13H,4-5H2,1-3H3,(H,23,25). The maximum Gasteiger partial charge on any atom is 0.259 e. The molecule has 0 aliphatic heterocycles. The Labute approximate surface area is 147 Å². The fourth-order valence-electron chi connectivity index (χ4n) is 2.93. The molecule has 2 aromatic heterocycles. The molecule has 3 rings (SSSR count). The van der Waals surface area contributed by atoms with Gasteiger partial charge in [0.2, 0.25) is 0 Å². The van der Waals surface area contributed by atoms with E-state index in [1.54, 1.807) is 17.1 Å². The number of carbonyl (C=O) groups excluding carboxylic acids is 1. The molecule has 1 aromatic carbocycles. The van der Waals surface area contributed by atoms with Crippen LogP contribution < -0.4 is 5.32 Å². The molecule has 0 fully saturated rings. The van der Waals surface area contributed by atoms with Crippen LogP contribution in [0.3, 0.4) is 0 Å². The van der Waals surface area contributed by atoms with Gasteiger partial charge in [0.15, 0.2) is 5.82 Å². The van der Waals surface area contributed by atoms with E-state index in [1.807, 2.05) is 31.2 Å². The highest BCUT2D eigenvalue weighted by atomic mass is 16.1. The summed E-state index contributed by atoms with van der Waals surface area (Å²) in [5.41, 5.74) is 4.52. The predicted molar refractivity (Wildman–Crippen MR) is 99.2 cm³/mol. The van der Waals surface area contributed by atoms with Gasteiger partial charge in [-0.15, -0.1) is 0 Å². The third-order valence-corrected chi connectivity index (χ3v) is 4.36. The molecular formula is C20H22N4O. The second-order valence-corrected chi connectivity index (χ2v) is 5.86. The molecule has 0 aliphatic carbocycles. The number of nitrogens with one attached hydrogen (secondary N) is 1. The summed E-state index contributed by atoms with van der Waals surface area (Å²) in [6, 6.07) is 11.8. The van der Waals surface area contributed by atoms with Crippen molar-refractivity contribution in [1.29, 1.82) is 0 Å². The summed E-state index contributed by atoms with van der Waals surface area (Å²) in [7, 11) is 0. The minimum absolute atomic E-state index is 0.143. The van der Waals surface area contributed by atoms with E-state index in [4.69, 9.17) is 0 Å². The molecule has 5 nitrogen and oxygen atoms in total.